The molecular weight excluding hydrogens is 164 g/mol. The molecule has 0 atom stereocenters. The van der Waals surface area contributed by atoms with Crippen LogP contribution >= 0.6 is 0 Å². The molecule has 0 aromatic rings. The molecule has 2 saturated carbocycles. The van der Waals surface area contributed by atoms with Gasteiger partial charge in [0.2, 0.25) is 5.91 Å². The third kappa shape index (κ3) is 2.44. The van der Waals surface area contributed by atoms with E-state index >= 15 is 0 Å². The zero-order valence-corrected chi connectivity index (χ0v) is 8.01. The van der Waals surface area contributed by atoms with Gasteiger partial charge in [0.05, 0.1) is 0 Å². The Morgan fingerprint density at radius 3 is 2.54 bits per heavy atom. The van der Waals surface area contributed by atoms with Gasteiger partial charge in [-0.1, -0.05) is 12.8 Å². The average molecular weight is 182 g/mol. The normalized spacial score (nSPS) is 25.9. The molecule has 3 nitrogen and oxygen atoms in total. The number of amides is 1. The molecule has 0 spiro atoms. The highest BCUT2D eigenvalue weighted by Crippen LogP contribution is 2.35. The number of hydrogen-bond donors (Lipinski definition) is 2. The first-order chi connectivity index (χ1) is 6.18. The van der Waals surface area contributed by atoms with Crippen LogP contribution < -0.4 is 11.1 Å². The Labute approximate surface area is 79.1 Å². The summed E-state index contributed by atoms with van der Waals surface area (Å²) in [4.78, 5) is 11.5. The second-order valence-electron chi connectivity index (χ2n) is 4.59. The van der Waals surface area contributed by atoms with Gasteiger partial charge in [-0.2, -0.15) is 0 Å². The van der Waals surface area contributed by atoms with Crippen molar-refractivity contribution >= 4 is 5.91 Å². The summed E-state index contributed by atoms with van der Waals surface area (Å²) < 4.78 is 0. The number of nitrogens with two attached hydrogens (primary N) is 1. The minimum absolute atomic E-state index is 0.136. The summed E-state index contributed by atoms with van der Waals surface area (Å²) >= 11 is 0. The quantitative estimate of drug-likeness (QED) is 0.682. The first kappa shape index (κ1) is 9.00. The van der Waals surface area contributed by atoms with Gasteiger partial charge in [-0.05, 0) is 25.7 Å². The van der Waals surface area contributed by atoms with E-state index in [9.17, 15) is 4.79 Å². The molecule has 3 heteroatoms. The van der Waals surface area contributed by atoms with E-state index in [4.69, 9.17) is 5.73 Å². The molecule has 2 fully saturated rings. The van der Waals surface area contributed by atoms with Crippen molar-refractivity contribution in [1.82, 2.24) is 5.32 Å². The van der Waals surface area contributed by atoms with Gasteiger partial charge in [0.15, 0.2) is 0 Å². The Bertz CT molecular complexity index is 205. The molecule has 0 radical (unpaired) electrons. The van der Waals surface area contributed by atoms with Crippen molar-refractivity contribution in [3.8, 4) is 0 Å². The first-order valence-electron chi connectivity index (χ1n) is 5.26. The molecular formula is C10H18N2O. The molecule has 2 rings (SSSR count). The monoisotopic (exact) mass is 182 g/mol. The minimum Gasteiger partial charge on any atom is -0.353 e. The van der Waals surface area contributed by atoms with Crippen molar-refractivity contribution in [2.75, 3.05) is 0 Å². The van der Waals surface area contributed by atoms with E-state index < -0.39 is 0 Å². The lowest BCUT2D eigenvalue weighted by molar-refractivity contribution is -0.122. The van der Waals surface area contributed by atoms with Crippen LogP contribution in [0.2, 0.25) is 0 Å². The first-order valence-corrected chi connectivity index (χ1v) is 5.26. The van der Waals surface area contributed by atoms with Gasteiger partial charge in [0, 0.05) is 18.0 Å². The van der Waals surface area contributed by atoms with Crippen LogP contribution in [0.5, 0.6) is 0 Å². The predicted octanol–water partition coefficient (Wildman–Crippen LogP) is 0.927. The summed E-state index contributed by atoms with van der Waals surface area (Å²) in [5.41, 5.74) is 5.72. The average Bonchev–Trinajstić information content (AvgIpc) is 2.61. The number of nitrogens with one attached hydrogen (secondary N) is 1. The Hall–Kier alpha value is -0.570. The molecule has 74 valence electrons. The Kier molecular flexibility index (Phi) is 2.28. The third-order valence-corrected chi connectivity index (χ3v) is 3.13. The lowest BCUT2D eigenvalue weighted by Gasteiger charge is -2.14. The Morgan fingerprint density at radius 1 is 1.38 bits per heavy atom. The van der Waals surface area contributed by atoms with E-state index in [1.807, 2.05) is 0 Å². The summed E-state index contributed by atoms with van der Waals surface area (Å²) in [7, 11) is 0. The largest absolute Gasteiger partial charge is 0.353 e. The van der Waals surface area contributed by atoms with Crippen LogP contribution in [0.4, 0.5) is 0 Å². The topological polar surface area (TPSA) is 55.1 Å². The second kappa shape index (κ2) is 3.29. The van der Waals surface area contributed by atoms with Crippen molar-refractivity contribution < 1.29 is 4.79 Å². The molecule has 0 aliphatic heterocycles. The lowest BCUT2D eigenvalue weighted by Crippen LogP contribution is -2.37. The van der Waals surface area contributed by atoms with E-state index in [1.54, 1.807) is 0 Å². The van der Waals surface area contributed by atoms with E-state index in [0.29, 0.717) is 12.5 Å². The van der Waals surface area contributed by atoms with Crippen molar-refractivity contribution in [3.63, 3.8) is 0 Å². The van der Waals surface area contributed by atoms with Gasteiger partial charge in [0.1, 0.15) is 0 Å². The van der Waals surface area contributed by atoms with E-state index in [-0.39, 0.29) is 11.4 Å². The summed E-state index contributed by atoms with van der Waals surface area (Å²) in [6, 6.07) is 0.440. The van der Waals surface area contributed by atoms with Gasteiger partial charge < -0.3 is 11.1 Å². The second-order valence-corrected chi connectivity index (χ2v) is 4.59. The van der Waals surface area contributed by atoms with Crippen LogP contribution in [0.15, 0.2) is 0 Å². The van der Waals surface area contributed by atoms with Gasteiger partial charge in [-0.3, -0.25) is 4.79 Å². The highest BCUT2D eigenvalue weighted by Gasteiger charge is 2.40. The van der Waals surface area contributed by atoms with Crippen molar-refractivity contribution in [3.05, 3.63) is 0 Å². The fourth-order valence-corrected chi connectivity index (χ4v) is 2.01. The zero-order chi connectivity index (χ0) is 9.31. The van der Waals surface area contributed by atoms with Crippen LogP contribution in [-0.4, -0.2) is 17.5 Å². The SMILES string of the molecule is NC1(CC(=O)NC2CCCC2)CC1. The number of hydrogen-bond acceptors (Lipinski definition) is 2. The number of carbonyl (C=O) groups is 1. The number of carbonyl (C=O) groups excluding carboxylic acids is 1. The summed E-state index contributed by atoms with van der Waals surface area (Å²) in [5.74, 6) is 0.159. The van der Waals surface area contributed by atoms with Crippen LogP contribution in [0.1, 0.15) is 44.9 Å². The van der Waals surface area contributed by atoms with E-state index in [1.165, 1.54) is 12.8 Å². The molecule has 0 bridgehead atoms. The van der Waals surface area contributed by atoms with Crippen LogP contribution in [0, 0.1) is 0 Å². The zero-order valence-electron chi connectivity index (χ0n) is 8.01. The molecule has 2 aliphatic carbocycles. The highest BCUT2D eigenvalue weighted by molar-refractivity contribution is 5.78. The van der Waals surface area contributed by atoms with Crippen LogP contribution in [-0.2, 0) is 4.79 Å². The number of rotatable bonds is 3. The Balaban J connectivity index is 1.71. The minimum atomic E-state index is -0.136. The molecule has 13 heavy (non-hydrogen) atoms. The summed E-state index contributed by atoms with van der Waals surface area (Å²) in [5, 5.41) is 3.06. The van der Waals surface area contributed by atoms with Crippen LogP contribution in [0.3, 0.4) is 0 Å². The van der Waals surface area contributed by atoms with Crippen LogP contribution in [0.25, 0.3) is 0 Å². The fraction of sp³-hybridized carbons (Fsp3) is 0.900. The fourth-order valence-electron chi connectivity index (χ4n) is 2.01. The van der Waals surface area contributed by atoms with Gasteiger partial charge in [-0.15, -0.1) is 0 Å². The maximum atomic E-state index is 11.5. The summed E-state index contributed by atoms with van der Waals surface area (Å²) in [6.07, 6.45) is 7.41. The lowest BCUT2D eigenvalue weighted by atomic mass is 10.1. The Morgan fingerprint density at radius 2 is 2.00 bits per heavy atom. The van der Waals surface area contributed by atoms with Gasteiger partial charge >= 0.3 is 0 Å². The van der Waals surface area contributed by atoms with E-state index in [0.717, 1.165) is 25.7 Å². The molecule has 1 amide bonds. The molecule has 0 heterocycles. The molecule has 2 aliphatic rings. The predicted molar refractivity (Wildman–Crippen MR) is 51.2 cm³/mol. The maximum absolute atomic E-state index is 11.5. The smallest absolute Gasteiger partial charge is 0.222 e. The molecule has 0 unspecified atom stereocenters. The van der Waals surface area contributed by atoms with E-state index in [2.05, 4.69) is 5.32 Å². The molecule has 0 aromatic carbocycles. The molecule has 0 saturated heterocycles. The summed E-state index contributed by atoms with van der Waals surface area (Å²) in [6.45, 7) is 0. The van der Waals surface area contributed by atoms with Crippen molar-refractivity contribution in [2.24, 2.45) is 5.73 Å². The standard InChI is InChI=1S/C10H18N2O/c11-10(5-6-10)7-9(13)12-8-3-1-2-4-8/h8H,1-7,11H2,(H,12,13). The third-order valence-electron chi connectivity index (χ3n) is 3.13. The van der Waals surface area contributed by atoms with Gasteiger partial charge in [-0.25, -0.2) is 0 Å². The molecule has 3 N–H and O–H groups in total. The van der Waals surface area contributed by atoms with Crippen molar-refractivity contribution in [2.45, 2.75) is 56.5 Å². The van der Waals surface area contributed by atoms with Crippen molar-refractivity contribution in [1.29, 1.82) is 0 Å². The maximum Gasteiger partial charge on any atom is 0.222 e. The highest BCUT2D eigenvalue weighted by atomic mass is 16.1. The van der Waals surface area contributed by atoms with Gasteiger partial charge in [0.25, 0.3) is 0 Å². The molecule has 0 aromatic heterocycles.